The standard InChI is InChI=1S/C32H39N3O6/c1-33-32(37)24-7-11-26(12-8-24)41-25-9-5-23(6-10-25)31-28(36)19-34-20-30(31)40-21-22-4-13-29-27(18-22)35(15-17-39-29)14-3-16-38-2/h4-13,18,28,30-31,34,36H,3,14-17,19-21H2,1-2H3,(H,33,37)/t28-,30+,31+/m1/s1. The van der Waals surface area contributed by atoms with Crippen LogP contribution in [0.25, 0.3) is 0 Å². The van der Waals surface area contributed by atoms with Gasteiger partial charge in [0.2, 0.25) is 0 Å². The number of amides is 1. The molecule has 3 aromatic carbocycles. The minimum absolute atomic E-state index is 0.140. The summed E-state index contributed by atoms with van der Waals surface area (Å²) in [6.07, 6.45) is 0.177. The Hall–Kier alpha value is -3.63. The molecule has 5 rings (SSSR count). The Labute approximate surface area is 241 Å². The average molecular weight is 562 g/mol. The fraction of sp³-hybridized carbons (Fsp3) is 0.406. The van der Waals surface area contributed by atoms with Gasteiger partial charge >= 0.3 is 0 Å². The van der Waals surface area contributed by atoms with Crippen molar-refractivity contribution in [2.45, 2.75) is 31.2 Å². The quantitative estimate of drug-likeness (QED) is 0.305. The van der Waals surface area contributed by atoms with E-state index in [1.807, 2.05) is 36.4 Å². The summed E-state index contributed by atoms with van der Waals surface area (Å²) in [5.41, 5.74) is 3.72. The Kier molecular flexibility index (Phi) is 9.74. The lowest BCUT2D eigenvalue weighted by atomic mass is 9.85. The summed E-state index contributed by atoms with van der Waals surface area (Å²) in [7, 11) is 3.33. The van der Waals surface area contributed by atoms with Crippen molar-refractivity contribution >= 4 is 11.6 Å². The molecule has 218 valence electrons. The maximum absolute atomic E-state index is 11.8. The molecule has 2 aliphatic rings. The highest BCUT2D eigenvalue weighted by molar-refractivity contribution is 5.94. The van der Waals surface area contributed by atoms with E-state index in [4.69, 9.17) is 18.9 Å². The lowest BCUT2D eigenvalue weighted by molar-refractivity contribution is -0.0328. The molecule has 0 saturated carbocycles. The number of benzene rings is 3. The summed E-state index contributed by atoms with van der Waals surface area (Å²) in [5, 5.41) is 16.8. The Morgan fingerprint density at radius 3 is 2.56 bits per heavy atom. The molecule has 0 bridgehead atoms. The van der Waals surface area contributed by atoms with Gasteiger partial charge in [0, 0.05) is 51.9 Å². The molecular weight excluding hydrogens is 522 g/mol. The molecule has 1 saturated heterocycles. The summed E-state index contributed by atoms with van der Waals surface area (Å²) in [6, 6.07) is 21.0. The third-order valence-electron chi connectivity index (χ3n) is 7.58. The first-order valence-electron chi connectivity index (χ1n) is 14.2. The molecule has 2 aliphatic heterocycles. The number of carbonyl (C=O) groups excluding carboxylic acids is 1. The normalized spacial score (nSPS) is 20.2. The van der Waals surface area contributed by atoms with Crippen LogP contribution in [0.15, 0.2) is 66.7 Å². The lowest BCUT2D eigenvalue weighted by Crippen LogP contribution is -2.49. The van der Waals surface area contributed by atoms with Crippen molar-refractivity contribution in [1.82, 2.24) is 10.6 Å². The number of β-amino-alcohol motifs (C(OH)–C–C–N with tert-alkyl or cyclic N) is 1. The second kappa shape index (κ2) is 13.8. The van der Waals surface area contributed by atoms with Gasteiger partial charge in [-0.15, -0.1) is 0 Å². The first-order valence-corrected chi connectivity index (χ1v) is 14.2. The van der Waals surface area contributed by atoms with E-state index >= 15 is 0 Å². The zero-order chi connectivity index (χ0) is 28.6. The number of ether oxygens (including phenoxy) is 4. The summed E-state index contributed by atoms with van der Waals surface area (Å²) in [6.45, 7) is 4.76. The Balaban J connectivity index is 1.23. The number of piperidine rings is 1. The van der Waals surface area contributed by atoms with Crippen LogP contribution < -0.4 is 25.0 Å². The van der Waals surface area contributed by atoms with Crippen LogP contribution in [0.5, 0.6) is 17.2 Å². The Bertz CT molecular complexity index is 1280. The number of nitrogens with zero attached hydrogens (tertiary/aromatic N) is 1. The molecule has 0 unspecified atom stereocenters. The summed E-state index contributed by atoms with van der Waals surface area (Å²) in [4.78, 5) is 14.1. The molecule has 9 heteroatoms. The number of fused-ring (bicyclic) bond motifs is 1. The van der Waals surface area contributed by atoms with Gasteiger partial charge in [0.25, 0.3) is 5.91 Å². The molecule has 3 atom stereocenters. The number of hydrogen-bond acceptors (Lipinski definition) is 8. The summed E-state index contributed by atoms with van der Waals surface area (Å²) >= 11 is 0. The highest BCUT2D eigenvalue weighted by Gasteiger charge is 2.34. The number of carbonyl (C=O) groups is 1. The fourth-order valence-electron chi connectivity index (χ4n) is 5.43. The topological polar surface area (TPSA) is 102 Å². The zero-order valence-corrected chi connectivity index (χ0v) is 23.7. The van der Waals surface area contributed by atoms with E-state index in [1.54, 1.807) is 38.4 Å². The maximum atomic E-state index is 11.8. The van der Waals surface area contributed by atoms with Gasteiger partial charge in [0.15, 0.2) is 0 Å². The van der Waals surface area contributed by atoms with Crippen LogP contribution in [0, 0.1) is 0 Å². The number of methoxy groups -OCH3 is 1. The number of aliphatic hydroxyl groups is 1. The maximum Gasteiger partial charge on any atom is 0.251 e. The van der Waals surface area contributed by atoms with Crippen molar-refractivity contribution in [2.75, 3.05) is 58.5 Å². The number of aliphatic hydroxyl groups excluding tert-OH is 1. The third-order valence-corrected chi connectivity index (χ3v) is 7.58. The van der Waals surface area contributed by atoms with Crippen molar-refractivity contribution in [1.29, 1.82) is 0 Å². The van der Waals surface area contributed by atoms with Crippen LogP contribution >= 0.6 is 0 Å². The minimum Gasteiger partial charge on any atom is -0.490 e. The van der Waals surface area contributed by atoms with Crippen molar-refractivity contribution in [2.24, 2.45) is 0 Å². The van der Waals surface area contributed by atoms with Crippen molar-refractivity contribution in [3.8, 4) is 17.2 Å². The van der Waals surface area contributed by atoms with E-state index in [2.05, 4.69) is 21.6 Å². The second-order valence-electron chi connectivity index (χ2n) is 10.4. The molecule has 9 nitrogen and oxygen atoms in total. The SMILES string of the molecule is CNC(=O)c1ccc(Oc2ccc([C@H]3[C@H](O)CNC[C@@H]3OCc3ccc4c(c3)N(CCCOC)CCO4)cc2)cc1. The number of rotatable bonds is 11. The second-order valence-corrected chi connectivity index (χ2v) is 10.4. The number of nitrogens with one attached hydrogen (secondary N) is 2. The number of anilines is 1. The van der Waals surface area contributed by atoms with Gasteiger partial charge in [-0.25, -0.2) is 0 Å². The van der Waals surface area contributed by atoms with Crippen LogP contribution in [0.2, 0.25) is 0 Å². The average Bonchev–Trinajstić information content (AvgIpc) is 3.01. The van der Waals surface area contributed by atoms with E-state index in [-0.39, 0.29) is 17.9 Å². The monoisotopic (exact) mass is 561 g/mol. The third kappa shape index (κ3) is 7.18. The van der Waals surface area contributed by atoms with Gasteiger partial charge in [-0.1, -0.05) is 18.2 Å². The molecule has 0 spiro atoms. The summed E-state index contributed by atoms with van der Waals surface area (Å²) in [5.74, 6) is 1.90. The van der Waals surface area contributed by atoms with E-state index in [1.165, 1.54) is 0 Å². The molecule has 0 aliphatic carbocycles. The number of hydrogen-bond donors (Lipinski definition) is 3. The van der Waals surface area contributed by atoms with Gasteiger partial charge in [0.1, 0.15) is 23.9 Å². The van der Waals surface area contributed by atoms with Gasteiger partial charge in [-0.2, -0.15) is 0 Å². The predicted octanol–water partition coefficient (Wildman–Crippen LogP) is 3.71. The Morgan fingerprint density at radius 1 is 1.07 bits per heavy atom. The first-order chi connectivity index (χ1) is 20.1. The summed E-state index contributed by atoms with van der Waals surface area (Å²) < 4.78 is 23.5. The Morgan fingerprint density at radius 2 is 1.83 bits per heavy atom. The van der Waals surface area contributed by atoms with E-state index < -0.39 is 6.10 Å². The van der Waals surface area contributed by atoms with E-state index in [0.29, 0.717) is 43.4 Å². The lowest BCUT2D eigenvalue weighted by Gasteiger charge is -2.36. The van der Waals surface area contributed by atoms with E-state index in [9.17, 15) is 9.90 Å². The van der Waals surface area contributed by atoms with Crippen LogP contribution in [-0.2, 0) is 16.1 Å². The van der Waals surface area contributed by atoms with Crippen molar-refractivity contribution in [3.63, 3.8) is 0 Å². The fourth-order valence-corrected chi connectivity index (χ4v) is 5.43. The van der Waals surface area contributed by atoms with Gasteiger partial charge in [-0.3, -0.25) is 4.79 Å². The molecule has 3 N–H and O–H groups in total. The van der Waals surface area contributed by atoms with Crippen molar-refractivity contribution < 1.29 is 28.8 Å². The molecule has 1 amide bonds. The molecular formula is C32H39N3O6. The molecule has 2 heterocycles. The predicted molar refractivity (Wildman–Crippen MR) is 157 cm³/mol. The minimum atomic E-state index is -0.578. The smallest absolute Gasteiger partial charge is 0.251 e. The van der Waals surface area contributed by atoms with Crippen LogP contribution in [0.3, 0.4) is 0 Å². The molecule has 41 heavy (non-hydrogen) atoms. The van der Waals surface area contributed by atoms with E-state index in [0.717, 1.165) is 48.7 Å². The van der Waals surface area contributed by atoms with Crippen molar-refractivity contribution in [3.05, 3.63) is 83.4 Å². The van der Waals surface area contributed by atoms with Gasteiger partial charge in [-0.05, 0) is 66.1 Å². The van der Waals surface area contributed by atoms with Crippen LogP contribution in [0.1, 0.15) is 33.8 Å². The highest BCUT2D eigenvalue weighted by Crippen LogP contribution is 2.34. The first kappa shape index (κ1) is 28.9. The molecule has 3 aromatic rings. The molecule has 1 fully saturated rings. The molecule has 0 aromatic heterocycles. The largest absolute Gasteiger partial charge is 0.490 e. The van der Waals surface area contributed by atoms with Gasteiger partial charge in [0.05, 0.1) is 31.0 Å². The molecule has 0 radical (unpaired) electrons. The van der Waals surface area contributed by atoms with Crippen LogP contribution in [-0.4, -0.2) is 76.8 Å². The van der Waals surface area contributed by atoms with Crippen LogP contribution in [0.4, 0.5) is 5.69 Å². The highest BCUT2D eigenvalue weighted by atomic mass is 16.5. The van der Waals surface area contributed by atoms with Gasteiger partial charge < -0.3 is 39.6 Å². The zero-order valence-electron chi connectivity index (χ0n) is 23.7.